The van der Waals surface area contributed by atoms with Crippen LogP contribution in [0.2, 0.25) is 0 Å². The number of likely N-dealkylation sites (tertiary alicyclic amines) is 1. The van der Waals surface area contributed by atoms with Gasteiger partial charge in [-0.05, 0) is 6.07 Å². The number of hydrogen-bond donors (Lipinski definition) is 4. The van der Waals surface area contributed by atoms with Crippen LogP contribution in [-0.2, 0) is 6.54 Å². The molecular weight excluding hydrogens is 300 g/mol. The van der Waals surface area contributed by atoms with Gasteiger partial charge in [0.05, 0.1) is 18.8 Å². The number of nitrogens with zero attached hydrogens (tertiary/aromatic N) is 4. The van der Waals surface area contributed by atoms with Crippen molar-refractivity contribution < 1.29 is 15.0 Å². The zero-order valence-electron chi connectivity index (χ0n) is 12.4. The molecule has 0 bridgehead atoms. The summed E-state index contributed by atoms with van der Waals surface area (Å²) in [5.74, 6) is -0.439. The number of aromatic amines is 1. The molecule has 0 spiro atoms. The smallest absolute Gasteiger partial charge is 0.271 e. The van der Waals surface area contributed by atoms with Crippen LogP contribution in [0.15, 0.2) is 30.9 Å². The number of β-amino-alcohol motifs (C(OH)–C–C–N with tert-alkyl or cyclic N) is 2. The summed E-state index contributed by atoms with van der Waals surface area (Å²) in [6, 6.07) is 1.83. The van der Waals surface area contributed by atoms with Crippen molar-refractivity contribution in [3.63, 3.8) is 0 Å². The Balaban J connectivity index is 1.57. The van der Waals surface area contributed by atoms with Crippen molar-refractivity contribution in [3.05, 3.63) is 42.2 Å². The fourth-order valence-corrected chi connectivity index (χ4v) is 2.62. The van der Waals surface area contributed by atoms with Gasteiger partial charge < -0.3 is 15.5 Å². The molecule has 2 aromatic rings. The Morgan fingerprint density at radius 3 is 3.04 bits per heavy atom. The largest absolute Gasteiger partial charge is 0.389 e. The van der Waals surface area contributed by atoms with Crippen LogP contribution < -0.4 is 5.32 Å². The molecule has 2 atom stereocenters. The molecule has 1 amide bonds. The van der Waals surface area contributed by atoms with E-state index in [2.05, 4.69) is 25.5 Å². The van der Waals surface area contributed by atoms with E-state index in [9.17, 15) is 15.0 Å². The van der Waals surface area contributed by atoms with Crippen LogP contribution in [0, 0.1) is 0 Å². The van der Waals surface area contributed by atoms with Crippen molar-refractivity contribution in [2.45, 2.75) is 18.2 Å². The molecule has 2 aromatic heterocycles. The van der Waals surface area contributed by atoms with Gasteiger partial charge in [0.1, 0.15) is 11.3 Å². The molecule has 9 heteroatoms. The van der Waals surface area contributed by atoms with Gasteiger partial charge in [0.2, 0.25) is 0 Å². The van der Waals surface area contributed by atoms with E-state index < -0.39 is 17.6 Å². The normalized spacial score (nSPS) is 24.7. The van der Waals surface area contributed by atoms with Crippen molar-refractivity contribution in [1.29, 1.82) is 0 Å². The lowest BCUT2D eigenvalue weighted by Gasteiger charge is -2.26. The van der Waals surface area contributed by atoms with E-state index in [0.717, 1.165) is 5.69 Å². The van der Waals surface area contributed by atoms with E-state index in [0.29, 0.717) is 13.1 Å². The Hall–Kier alpha value is -2.36. The second-order valence-electron chi connectivity index (χ2n) is 5.64. The first kappa shape index (κ1) is 15.5. The lowest BCUT2D eigenvalue weighted by Crippen LogP contribution is -2.51. The molecule has 0 saturated carbocycles. The van der Waals surface area contributed by atoms with E-state index >= 15 is 0 Å². The third kappa shape index (κ3) is 3.52. The highest BCUT2D eigenvalue weighted by Gasteiger charge is 2.44. The number of aliphatic hydroxyl groups excluding tert-OH is 1. The summed E-state index contributed by atoms with van der Waals surface area (Å²) in [5, 5.41) is 30.0. The SMILES string of the molecule is O=C(NC[C@]1(O)CN(Cc2ccn[nH]2)C[C@H]1O)c1cnccn1. The van der Waals surface area contributed by atoms with Crippen molar-refractivity contribution >= 4 is 5.91 Å². The van der Waals surface area contributed by atoms with Crippen molar-refractivity contribution in [2.24, 2.45) is 0 Å². The molecule has 0 radical (unpaired) electrons. The van der Waals surface area contributed by atoms with E-state index in [4.69, 9.17) is 0 Å². The lowest BCUT2D eigenvalue weighted by atomic mass is 10.0. The van der Waals surface area contributed by atoms with Crippen molar-refractivity contribution in [2.75, 3.05) is 19.6 Å². The van der Waals surface area contributed by atoms with Crippen LogP contribution in [0.3, 0.4) is 0 Å². The zero-order chi connectivity index (χ0) is 16.3. The van der Waals surface area contributed by atoms with Crippen molar-refractivity contribution in [1.82, 2.24) is 30.4 Å². The quantitative estimate of drug-likeness (QED) is 0.530. The molecule has 122 valence electrons. The average molecular weight is 318 g/mol. The molecule has 3 heterocycles. The lowest BCUT2D eigenvalue weighted by molar-refractivity contribution is -0.0377. The van der Waals surface area contributed by atoms with Crippen LogP contribution in [0.25, 0.3) is 0 Å². The van der Waals surface area contributed by atoms with Gasteiger partial charge in [-0.25, -0.2) is 4.98 Å². The molecule has 1 saturated heterocycles. The summed E-state index contributed by atoms with van der Waals surface area (Å²) < 4.78 is 0. The van der Waals surface area contributed by atoms with Gasteiger partial charge in [-0.2, -0.15) is 5.10 Å². The fraction of sp³-hybridized carbons (Fsp3) is 0.429. The first-order valence-electron chi connectivity index (χ1n) is 7.22. The molecule has 3 rings (SSSR count). The highest BCUT2D eigenvalue weighted by Crippen LogP contribution is 2.22. The number of carbonyl (C=O) groups is 1. The van der Waals surface area contributed by atoms with Crippen LogP contribution >= 0.6 is 0 Å². The summed E-state index contributed by atoms with van der Waals surface area (Å²) >= 11 is 0. The Morgan fingerprint density at radius 1 is 1.48 bits per heavy atom. The second-order valence-corrected chi connectivity index (χ2v) is 5.64. The summed E-state index contributed by atoms with van der Waals surface area (Å²) in [5.41, 5.74) is -0.347. The number of nitrogens with one attached hydrogen (secondary N) is 2. The number of hydrogen-bond acceptors (Lipinski definition) is 7. The van der Waals surface area contributed by atoms with Crippen LogP contribution in [0.5, 0.6) is 0 Å². The van der Waals surface area contributed by atoms with Gasteiger partial charge in [-0.3, -0.25) is 19.8 Å². The number of H-pyrrole nitrogens is 1. The number of carbonyl (C=O) groups excluding carboxylic acids is 1. The zero-order valence-corrected chi connectivity index (χ0v) is 12.4. The number of rotatable bonds is 5. The molecule has 0 aliphatic carbocycles. The molecule has 1 aliphatic rings. The second kappa shape index (κ2) is 6.41. The molecule has 23 heavy (non-hydrogen) atoms. The maximum Gasteiger partial charge on any atom is 0.271 e. The number of aromatic nitrogens is 4. The predicted octanol–water partition coefficient (Wildman–Crippen LogP) is -1.46. The third-order valence-electron chi connectivity index (χ3n) is 3.85. The van der Waals surface area contributed by atoms with Crippen LogP contribution in [-0.4, -0.2) is 72.5 Å². The van der Waals surface area contributed by atoms with Gasteiger partial charge in [-0.1, -0.05) is 0 Å². The maximum atomic E-state index is 12.0. The van der Waals surface area contributed by atoms with Crippen LogP contribution in [0.1, 0.15) is 16.2 Å². The standard InChI is InChI=1S/C14H18N6O3/c21-12-7-20(6-10-1-2-18-19-10)9-14(12,23)8-17-13(22)11-5-15-3-4-16-11/h1-5,12,21,23H,6-9H2,(H,17,22)(H,18,19)/t12-,14+/m1/s1. The van der Waals surface area contributed by atoms with E-state index in [-0.39, 0.29) is 18.8 Å². The van der Waals surface area contributed by atoms with Crippen molar-refractivity contribution in [3.8, 4) is 0 Å². The fourth-order valence-electron chi connectivity index (χ4n) is 2.62. The Bertz CT molecular complexity index is 650. The van der Waals surface area contributed by atoms with Gasteiger partial charge in [0.25, 0.3) is 5.91 Å². The van der Waals surface area contributed by atoms with Crippen LogP contribution in [0.4, 0.5) is 0 Å². The topological polar surface area (TPSA) is 127 Å². The summed E-state index contributed by atoms with van der Waals surface area (Å²) in [6.07, 6.45) is 4.93. The van der Waals surface area contributed by atoms with E-state index in [1.165, 1.54) is 18.6 Å². The van der Waals surface area contributed by atoms with Gasteiger partial charge in [-0.15, -0.1) is 0 Å². The molecule has 1 fully saturated rings. The number of aliphatic hydroxyl groups is 2. The molecule has 4 N–H and O–H groups in total. The number of amides is 1. The maximum absolute atomic E-state index is 12.0. The molecular formula is C14H18N6O3. The monoisotopic (exact) mass is 318 g/mol. The first-order chi connectivity index (χ1) is 11.1. The minimum absolute atomic E-state index is 0.0664. The van der Waals surface area contributed by atoms with Gasteiger partial charge in [0.15, 0.2) is 0 Å². The van der Waals surface area contributed by atoms with E-state index in [1.54, 1.807) is 6.20 Å². The van der Waals surface area contributed by atoms with E-state index in [1.807, 2.05) is 11.0 Å². The average Bonchev–Trinajstić information content (AvgIpc) is 3.15. The summed E-state index contributed by atoms with van der Waals surface area (Å²) in [4.78, 5) is 21.6. The molecule has 0 unspecified atom stereocenters. The summed E-state index contributed by atoms with van der Waals surface area (Å²) in [6.45, 7) is 1.03. The highest BCUT2D eigenvalue weighted by molar-refractivity contribution is 5.91. The minimum atomic E-state index is -1.40. The first-order valence-corrected chi connectivity index (χ1v) is 7.22. The Morgan fingerprint density at radius 2 is 2.35 bits per heavy atom. The minimum Gasteiger partial charge on any atom is -0.389 e. The summed E-state index contributed by atoms with van der Waals surface area (Å²) in [7, 11) is 0. The highest BCUT2D eigenvalue weighted by atomic mass is 16.3. The predicted molar refractivity (Wildman–Crippen MR) is 79.2 cm³/mol. The molecule has 0 aromatic carbocycles. The Labute approximate surface area is 132 Å². The molecule has 9 nitrogen and oxygen atoms in total. The third-order valence-corrected chi connectivity index (χ3v) is 3.85. The molecule has 1 aliphatic heterocycles. The van der Waals surface area contributed by atoms with Gasteiger partial charge >= 0.3 is 0 Å². The Kier molecular flexibility index (Phi) is 4.33. The van der Waals surface area contributed by atoms with Gasteiger partial charge in [0, 0.05) is 43.9 Å².